The number of likely N-dealkylation sites (tertiary alicyclic amines) is 1. The van der Waals surface area contributed by atoms with Crippen LogP contribution in [0.25, 0.3) is 0 Å². The van der Waals surface area contributed by atoms with Crippen LogP contribution in [0, 0.1) is 0 Å². The molecule has 26 heavy (non-hydrogen) atoms. The van der Waals surface area contributed by atoms with Gasteiger partial charge in [0.25, 0.3) is 5.91 Å². The normalized spacial score (nSPS) is 28.2. The SMILES string of the molecule is O=C(NC[C@H]1CCCO1)[C@H]1Cn2ccnc2C2(CCN(CCF)CC2)O1. The lowest BCUT2D eigenvalue weighted by atomic mass is 9.88. The van der Waals surface area contributed by atoms with Crippen LogP contribution in [-0.4, -0.2) is 72.0 Å². The molecule has 0 saturated carbocycles. The molecule has 1 aromatic rings. The maximum Gasteiger partial charge on any atom is 0.251 e. The predicted octanol–water partition coefficient (Wildman–Crippen LogP) is 0.838. The lowest BCUT2D eigenvalue weighted by Gasteiger charge is -2.45. The molecule has 0 bridgehead atoms. The molecule has 1 amide bonds. The van der Waals surface area contributed by atoms with E-state index < -0.39 is 11.7 Å². The summed E-state index contributed by atoms with van der Waals surface area (Å²) in [5.41, 5.74) is -0.555. The Bertz CT molecular complexity index is 624. The summed E-state index contributed by atoms with van der Waals surface area (Å²) in [5.74, 6) is 0.797. The fourth-order valence-corrected chi connectivity index (χ4v) is 4.27. The van der Waals surface area contributed by atoms with E-state index in [0.717, 1.165) is 51.2 Å². The first kappa shape index (κ1) is 17.9. The molecule has 0 aromatic carbocycles. The van der Waals surface area contributed by atoms with Crippen LogP contribution in [0.4, 0.5) is 4.39 Å². The van der Waals surface area contributed by atoms with E-state index in [4.69, 9.17) is 9.47 Å². The Morgan fingerprint density at radius 2 is 2.27 bits per heavy atom. The molecule has 2 saturated heterocycles. The Kier molecular flexibility index (Phi) is 5.24. The number of nitrogens with zero attached hydrogens (tertiary/aromatic N) is 3. The van der Waals surface area contributed by atoms with E-state index in [0.29, 0.717) is 19.6 Å². The van der Waals surface area contributed by atoms with Gasteiger partial charge >= 0.3 is 0 Å². The summed E-state index contributed by atoms with van der Waals surface area (Å²) in [4.78, 5) is 19.3. The predicted molar refractivity (Wildman–Crippen MR) is 92.4 cm³/mol. The molecule has 1 aromatic heterocycles. The summed E-state index contributed by atoms with van der Waals surface area (Å²) < 4.78 is 26.6. The van der Waals surface area contributed by atoms with E-state index in [1.54, 1.807) is 6.20 Å². The van der Waals surface area contributed by atoms with Crippen molar-refractivity contribution in [3.8, 4) is 0 Å². The highest BCUT2D eigenvalue weighted by Gasteiger charge is 2.47. The van der Waals surface area contributed by atoms with Crippen molar-refractivity contribution in [3.63, 3.8) is 0 Å². The Morgan fingerprint density at radius 3 is 3.00 bits per heavy atom. The molecule has 4 heterocycles. The van der Waals surface area contributed by atoms with Gasteiger partial charge in [-0.25, -0.2) is 9.37 Å². The number of rotatable bonds is 5. The van der Waals surface area contributed by atoms with Gasteiger partial charge in [-0.2, -0.15) is 0 Å². The Hall–Kier alpha value is -1.51. The minimum Gasteiger partial charge on any atom is -0.376 e. The quantitative estimate of drug-likeness (QED) is 0.836. The van der Waals surface area contributed by atoms with Crippen LogP contribution in [0.1, 0.15) is 31.5 Å². The lowest BCUT2D eigenvalue weighted by molar-refractivity contribution is -0.173. The highest BCUT2D eigenvalue weighted by atomic mass is 19.1. The third kappa shape index (κ3) is 3.50. The van der Waals surface area contributed by atoms with Crippen molar-refractivity contribution in [2.75, 3.05) is 39.5 Å². The fourth-order valence-electron chi connectivity index (χ4n) is 4.27. The number of imidazole rings is 1. The summed E-state index contributed by atoms with van der Waals surface area (Å²) in [6, 6.07) is 0. The largest absolute Gasteiger partial charge is 0.376 e. The summed E-state index contributed by atoms with van der Waals surface area (Å²) >= 11 is 0. The van der Waals surface area contributed by atoms with Gasteiger partial charge < -0.3 is 24.3 Å². The van der Waals surface area contributed by atoms with Crippen molar-refractivity contribution in [1.29, 1.82) is 0 Å². The molecule has 1 N–H and O–H groups in total. The number of halogens is 1. The van der Waals surface area contributed by atoms with Crippen LogP contribution < -0.4 is 5.32 Å². The molecule has 2 fully saturated rings. The number of fused-ring (bicyclic) bond motifs is 2. The van der Waals surface area contributed by atoms with Gasteiger partial charge in [-0.1, -0.05) is 0 Å². The Morgan fingerprint density at radius 1 is 1.42 bits per heavy atom. The summed E-state index contributed by atoms with van der Waals surface area (Å²) in [6.45, 7) is 3.40. The average molecular weight is 366 g/mol. The van der Waals surface area contributed by atoms with Crippen molar-refractivity contribution in [1.82, 2.24) is 19.8 Å². The minimum atomic E-state index is -0.555. The molecule has 0 aliphatic carbocycles. The molecule has 4 rings (SSSR count). The van der Waals surface area contributed by atoms with Gasteiger partial charge in [-0.15, -0.1) is 0 Å². The summed E-state index contributed by atoms with van der Waals surface area (Å²) in [6.07, 6.45) is 6.74. The molecule has 1 spiro atoms. The van der Waals surface area contributed by atoms with Crippen molar-refractivity contribution >= 4 is 5.91 Å². The van der Waals surface area contributed by atoms with E-state index in [1.807, 2.05) is 10.8 Å². The molecule has 3 aliphatic heterocycles. The van der Waals surface area contributed by atoms with Gasteiger partial charge in [-0.3, -0.25) is 4.79 Å². The van der Waals surface area contributed by atoms with Gasteiger partial charge in [0.2, 0.25) is 0 Å². The number of carbonyl (C=O) groups is 1. The highest BCUT2D eigenvalue weighted by Crippen LogP contribution is 2.40. The topological polar surface area (TPSA) is 68.6 Å². The molecular formula is C18H27FN4O3. The second-order valence-corrected chi connectivity index (χ2v) is 7.41. The van der Waals surface area contributed by atoms with Crippen LogP contribution >= 0.6 is 0 Å². The number of ether oxygens (including phenoxy) is 2. The number of alkyl halides is 1. The van der Waals surface area contributed by atoms with E-state index in [1.165, 1.54) is 0 Å². The molecular weight excluding hydrogens is 339 g/mol. The number of aromatic nitrogens is 2. The van der Waals surface area contributed by atoms with Crippen molar-refractivity contribution < 1.29 is 18.7 Å². The lowest BCUT2D eigenvalue weighted by Crippen LogP contribution is -2.54. The summed E-state index contributed by atoms with van der Waals surface area (Å²) in [7, 11) is 0. The number of carbonyl (C=O) groups excluding carboxylic acids is 1. The zero-order chi connectivity index (χ0) is 18.0. The second-order valence-electron chi connectivity index (χ2n) is 7.41. The first-order valence-corrected chi connectivity index (χ1v) is 9.57. The van der Waals surface area contributed by atoms with E-state index in [2.05, 4.69) is 15.2 Å². The number of nitrogens with one attached hydrogen (secondary N) is 1. The molecule has 0 unspecified atom stereocenters. The highest BCUT2D eigenvalue weighted by molar-refractivity contribution is 5.81. The van der Waals surface area contributed by atoms with Gasteiger partial charge in [0, 0.05) is 45.2 Å². The Balaban J connectivity index is 1.43. The smallest absolute Gasteiger partial charge is 0.251 e. The standard InChI is InChI=1S/C18H27FN4O3/c19-5-9-22-7-3-18(4-8-22)17-20-6-10-23(17)13-15(26-18)16(24)21-12-14-2-1-11-25-14/h6,10,14-15H,1-5,7-9,11-13H2,(H,21,24)/t14-,15-/m1/s1. The van der Waals surface area contributed by atoms with Crippen LogP contribution in [0.15, 0.2) is 12.4 Å². The van der Waals surface area contributed by atoms with Crippen molar-refractivity contribution in [3.05, 3.63) is 18.2 Å². The zero-order valence-corrected chi connectivity index (χ0v) is 15.0. The number of hydrogen-bond acceptors (Lipinski definition) is 5. The van der Waals surface area contributed by atoms with Crippen molar-refractivity contribution in [2.24, 2.45) is 0 Å². The molecule has 2 atom stereocenters. The number of piperidine rings is 1. The third-order valence-corrected chi connectivity index (χ3v) is 5.74. The van der Waals surface area contributed by atoms with Gasteiger partial charge in [0.15, 0.2) is 6.10 Å². The molecule has 0 radical (unpaired) electrons. The van der Waals surface area contributed by atoms with Crippen LogP contribution in [0.5, 0.6) is 0 Å². The van der Waals surface area contributed by atoms with Crippen LogP contribution in [-0.2, 0) is 26.4 Å². The van der Waals surface area contributed by atoms with Gasteiger partial charge in [-0.05, 0) is 25.7 Å². The average Bonchev–Trinajstić information content (AvgIpc) is 3.33. The molecule has 7 nitrogen and oxygen atoms in total. The maximum absolute atomic E-state index is 12.7. The fraction of sp³-hybridized carbons (Fsp3) is 0.778. The Labute approximate surface area is 152 Å². The minimum absolute atomic E-state index is 0.0922. The maximum atomic E-state index is 12.7. The van der Waals surface area contributed by atoms with Crippen molar-refractivity contribution in [2.45, 2.75) is 50.0 Å². The second kappa shape index (κ2) is 7.62. The van der Waals surface area contributed by atoms with E-state index in [9.17, 15) is 9.18 Å². The van der Waals surface area contributed by atoms with Gasteiger partial charge in [0.05, 0.1) is 12.6 Å². The molecule has 3 aliphatic rings. The van der Waals surface area contributed by atoms with E-state index in [-0.39, 0.29) is 18.7 Å². The molecule has 8 heteroatoms. The monoisotopic (exact) mass is 366 g/mol. The van der Waals surface area contributed by atoms with Crippen LogP contribution in [0.2, 0.25) is 0 Å². The van der Waals surface area contributed by atoms with Crippen LogP contribution in [0.3, 0.4) is 0 Å². The zero-order valence-electron chi connectivity index (χ0n) is 15.0. The van der Waals surface area contributed by atoms with E-state index >= 15 is 0 Å². The van der Waals surface area contributed by atoms with Gasteiger partial charge in [0.1, 0.15) is 18.1 Å². The third-order valence-electron chi connectivity index (χ3n) is 5.74. The number of hydrogen-bond donors (Lipinski definition) is 1. The first-order valence-electron chi connectivity index (χ1n) is 9.57. The molecule has 144 valence electrons. The number of amides is 1. The summed E-state index contributed by atoms with van der Waals surface area (Å²) in [5, 5.41) is 2.99. The first-order chi connectivity index (χ1) is 12.7.